The van der Waals surface area contributed by atoms with E-state index in [1.54, 1.807) is 18.4 Å². The summed E-state index contributed by atoms with van der Waals surface area (Å²) in [6.45, 7) is 10.6. The second-order valence-corrected chi connectivity index (χ2v) is 1.56. The Morgan fingerprint density at radius 1 is 1.10 bits per heavy atom. The Hall–Kier alpha value is -1.37. The zero-order chi connectivity index (χ0) is 7.82. The van der Waals surface area contributed by atoms with E-state index in [4.69, 9.17) is 0 Å². The molecule has 0 amide bonds. The molecule has 0 aliphatic heterocycles. The van der Waals surface area contributed by atoms with Crippen LogP contribution in [0.3, 0.4) is 0 Å². The molecule has 0 bridgehead atoms. The topological polar surface area (TPSA) is 12.4 Å². The maximum Gasteiger partial charge on any atom is 0.0273 e. The van der Waals surface area contributed by atoms with Crippen molar-refractivity contribution in [1.29, 1.82) is 0 Å². The van der Waals surface area contributed by atoms with Gasteiger partial charge in [-0.3, -0.25) is 4.99 Å². The van der Waals surface area contributed by atoms with Crippen molar-refractivity contribution >= 4 is 6.21 Å². The molecule has 10 heavy (non-hydrogen) atoms. The second kappa shape index (κ2) is 5.76. The van der Waals surface area contributed by atoms with Crippen molar-refractivity contribution in [3.8, 4) is 0 Å². The summed E-state index contributed by atoms with van der Waals surface area (Å²) in [6.07, 6.45) is 8.35. The molecule has 0 aliphatic carbocycles. The van der Waals surface area contributed by atoms with E-state index in [0.717, 1.165) is 5.57 Å². The minimum absolute atomic E-state index is 0.950. The van der Waals surface area contributed by atoms with Crippen LogP contribution in [-0.4, -0.2) is 6.21 Å². The molecule has 0 heterocycles. The number of nitrogens with zero attached hydrogens (tertiary/aromatic N) is 1. The van der Waals surface area contributed by atoms with Gasteiger partial charge in [-0.05, 0) is 11.6 Å². The van der Waals surface area contributed by atoms with Crippen LogP contribution in [0, 0.1) is 0 Å². The van der Waals surface area contributed by atoms with E-state index >= 15 is 0 Å². The van der Waals surface area contributed by atoms with Crippen LogP contribution in [0.2, 0.25) is 0 Å². The molecule has 0 saturated carbocycles. The normalized spacial score (nSPS) is 8.80. The van der Waals surface area contributed by atoms with E-state index in [9.17, 15) is 0 Å². The summed E-state index contributed by atoms with van der Waals surface area (Å²) in [4.78, 5) is 3.77. The number of rotatable bonds is 4. The van der Waals surface area contributed by atoms with Crippen molar-refractivity contribution in [1.82, 2.24) is 0 Å². The second-order valence-electron chi connectivity index (χ2n) is 1.56. The summed E-state index contributed by atoms with van der Waals surface area (Å²) in [5, 5.41) is 0. The van der Waals surface area contributed by atoms with E-state index in [1.165, 1.54) is 6.20 Å². The summed E-state index contributed by atoms with van der Waals surface area (Å²) in [7, 11) is 0. The number of aliphatic imine (C=N–C) groups is 1. The highest BCUT2D eigenvalue weighted by Crippen LogP contribution is 1.93. The molecule has 0 unspecified atom stereocenters. The lowest BCUT2D eigenvalue weighted by molar-refractivity contribution is 1.62. The largest absolute Gasteiger partial charge is 0.265 e. The Morgan fingerprint density at radius 2 is 1.70 bits per heavy atom. The number of hydrogen-bond donors (Lipinski definition) is 0. The van der Waals surface area contributed by atoms with Gasteiger partial charge in [0.25, 0.3) is 0 Å². The summed E-state index contributed by atoms with van der Waals surface area (Å²) < 4.78 is 0. The van der Waals surface area contributed by atoms with Crippen LogP contribution in [0.15, 0.2) is 54.7 Å². The first-order valence-corrected chi connectivity index (χ1v) is 2.94. The van der Waals surface area contributed by atoms with Crippen molar-refractivity contribution in [2.75, 3.05) is 0 Å². The lowest BCUT2D eigenvalue weighted by Gasteiger charge is -1.84. The fraction of sp³-hybridized carbons (Fsp3) is 0. The highest BCUT2D eigenvalue weighted by molar-refractivity contribution is 5.74. The third kappa shape index (κ3) is 3.61. The molecule has 1 nitrogen and oxygen atoms in total. The molecule has 0 spiro atoms. The lowest BCUT2D eigenvalue weighted by atomic mass is 10.2. The van der Waals surface area contributed by atoms with Crippen LogP contribution >= 0.6 is 0 Å². The van der Waals surface area contributed by atoms with Crippen LogP contribution in [0.5, 0.6) is 0 Å². The summed E-state index contributed by atoms with van der Waals surface area (Å²) >= 11 is 0. The van der Waals surface area contributed by atoms with Crippen molar-refractivity contribution in [3.05, 3.63) is 49.7 Å². The zero-order valence-electron chi connectivity index (χ0n) is 5.96. The van der Waals surface area contributed by atoms with Crippen LogP contribution in [0.25, 0.3) is 0 Å². The van der Waals surface area contributed by atoms with Crippen molar-refractivity contribution in [3.63, 3.8) is 0 Å². The maximum absolute atomic E-state index is 3.77. The predicted molar refractivity (Wildman–Crippen MR) is 47.2 cm³/mol. The number of allylic oxidation sites excluding steroid dienone is 4. The Labute approximate surface area is 61.8 Å². The van der Waals surface area contributed by atoms with Gasteiger partial charge in [-0.25, -0.2) is 0 Å². The average Bonchev–Trinajstić information content (AvgIpc) is 1.99. The van der Waals surface area contributed by atoms with Gasteiger partial charge in [0.05, 0.1) is 0 Å². The molecular weight excluding hydrogens is 122 g/mol. The first-order valence-electron chi connectivity index (χ1n) is 2.94. The Balaban J connectivity index is 4.10. The van der Waals surface area contributed by atoms with Gasteiger partial charge in [0.1, 0.15) is 0 Å². The SMILES string of the molecule is C=C/N=C\C=C(C=C)C=C. The molecule has 0 rings (SSSR count). The fourth-order valence-corrected chi connectivity index (χ4v) is 0.409. The molecular formula is C9H11N. The highest BCUT2D eigenvalue weighted by Gasteiger charge is 1.75. The van der Waals surface area contributed by atoms with Gasteiger partial charge in [-0.15, -0.1) is 0 Å². The van der Waals surface area contributed by atoms with Gasteiger partial charge < -0.3 is 0 Å². The van der Waals surface area contributed by atoms with E-state index in [0.29, 0.717) is 0 Å². The van der Waals surface area contributed by atoms with Gasteiger partial charge in [0.15, 0.2) is 0 Å². The molecule has 0 fully saturated rings. The molecule has 0 N–H and O–H groups in total. The molecule has 0 radical (unpaired) electrons. The quantitative estimate of drug-likeness (QED) is 0.412. The monoisotopic (exact) mass is 133 g/mol. The smallest absolute Gasteiger partial charge is 0.0273 e. The van der Waals surface area contributed by atoms with Crippen molar-refractivity contribution in [2.24, 2.45) is 4.99 Å². The first kappa shape index (κ1) is 8.63. The molecule has 0 aromatic carbocycles. The minimum Gasteiger partial charge on any atom is -0.265 e. The summed E-state index contributed by atoms with van der Waals surface area (Å²) in [5.41, 5.74) is 0.950. The summed E-state index contributed by atoms with van der Waals surface area (Å²) in [6, 6.07) is 0. The van der Waals surface area contributed by atoms with E-state index in [2.05, 4.69) is 24.7 Å². The van der Waals surface area contributed by atoms with Gasteiger partial charge in [0.2, 0.25) is 0 Å². The van der Waals surface area contributed by atoms with Crippen LogP contribution in [0.1, 0.15) is 0 Å². The third-order valence-corrected chi connectivity index (χ3v) is 0.930. The Bertz CT molecular complexity index is 175. The average molecular weight is 133 g/mol. The van der Waals surface area contributed by atoms with E-state index in [-0.39, 0.29) is 0 Å². The number of hydrogen-bond acceptors (Lipinski definition) is 1. The molecule has 0 saturated heterocycles. The Morgan fingerprint density at radius 3 is 2.10 bits per heavy atom. The molecule has 0 aliphatic rings. The van der Waals surface area contributed by atoms with E-state index in [1.807, 2.05) is 6.08 Å². The predicted octanol–water partition coefficient (Wildman–Crippen LogP) is 2.50. The lowest BCUT2D eigenvalue weighted by Crippen LogP contribution is -1.69. The molecule has 0 aromatic rings. The first-order chi connectivity index (χ1) is 4.85. The van der Waals surface area contributed by atoms with Gasteiger partial charge in [-0.1, -0.05) is 31.9 Å². The maximum atomic E-state index is 3.77. The molecule has 1 heteroatoms. The minimum atomic E-state index is 0.950. The van der Waals surface area contributed by atoms with Crippen molar-refractivity contribution in [2.45, 2.75) is 0 Å². The molecule has 0 atom stereocenters. The molecule has 52 valence electrons. The van der Waals surface area contributed by atoms with E-state index < -0.39 is 0 Å². The van der Waals surface area contributed by atoms with Gasteiger partial charge in [0, 0.05) is 12.4 Å². The standard InChI is InChI=1S/C9H11N/c1-4-9(5-2)7-8-10-6-3/h4-8H,1-3H2/b10-8-. The van der Waals surface area contributed by atoms with Gasteiger partial charge >= 0.3 is 0 Å². The Kier molecular flexibility index (Phi) is 4.97. The molecule has 0 aromatic heterocycles. The third-order valence-electron chi connectivity index (χ3n) is 0.930. The fourth-order valence-electron chi connectivity index (χ4n) is 0.409. The van der Waals surface area contributed by atoms with Crippen molar-refractivity contribution < 1.29 is 0 Å². The highest BCUT2D eigenvalue weighted by atomic mass is 14.6. The van der Waals surface area contributed by atoms with Gasteiger partial charge in [-0.2, -0.15) is 0 Å². The summed E-state index contributed by atoms with van der Waals surface area (Å²) in [5.74, 6) is 0. The van der Waals surface area contributed by atoms with Crippen LogP contribution in [0.4, 0.5) is 0 Å². The van der Waals surface area contributed by atoms with Crippen LogP contribution < -0.4 is 0 Å². The zero-order valence-corrected chi connectivity index (χ0v) is 5.96. The van der Waals surface area contributed by atoms with Crippen LogP contribution in [-0.2, 0) is 0 Å².